The van der Waals surface area contributed by atoms with E-state index in [1.54, 1.807) is 75.9 Å². The minimum absolute atomic E-state index is 0.222. The van der Waals surface area contributed by atoms with Crippen molar-refractivity contribution in [3.63, 3.8) is 0 Å². The van der Waals surface area contributed by atoms with E-state index in [9.17, 15) is 14.0 Å². The molecule has 0 aliphatic rings. The third-order valence-corrected chi connectivity index (χ3v) is 5.47. The lowest BCUT2D eigenvalue weighted by molar-refractivity contribution is 0.102. The van der Waals surface area contributed by atoms with Gasteiger partial charge in [-0.3, -0.25) is 9.59 Å². The maximum atomic E-state index is 13.3. The molecular formula is C24H16ClFN4O2. The Morgan fingerprint density at radius 3 is 2.44 bits per heavy atom. The van der Waals surface area contributed by atoms with Crippen LogP contribution < -0.4 is 10.9 Å². The van der Waals surface area contributed by atoms with Crippen LogP contribution in [0.15, 0.2) is 83.8 Å². The van der Waals surface area contributed by atoms with Gasteiger partial charge >= 0.3 is 0 Å². The number of rotatable bonds is 4. The molecule has 0 fully saturated rings. The molecule has 0 bridgehead atoms. The Balaban J connectivity index is 1.62. The minimum atomic E-state index is -0.349. The van der Waals surface area contributed by atoms with E-state index in [4.69, 9.17) is 11.6 Å². The summed E-state index contributed by atoms with van der Waals surface area (Å²) in [6.07, 6.45) is 1.56. The number of fused-ring (bicyclic) bond motifs is 3. The van der Waals surface area contributed by atoms with Gasteiger partial charge in [0.1, 0.15) is 11.3 Å². The predicted octanol–water partition coefficient (Wildman–Crippen LogP) is 4.74. The topological polar surface area (TPSA) is 68.4 Å². The van der Waals surface area contributed by atoms with Gasteiger partial charge in [0.25, 0.3) is 11.5 Å². The first kappa shape index (κ1) is 20.0. The molecule has 0 unspecified atom stereocenters. The van der Waals surface area contributed by atoms with Crippen molar-refractivity contribution in [3.8, 4) is 0 Å². The molecule has 0 atom stereocenters. The van der Waals surface area contributed by atoms with Crippen LogP contribution in [-0.4, -0.2) is 20.1 Å². The van der Waals surface area contributed by atoms with E-state index >= 15 is 0 Å². The highest BCUT2D eigenvalue weighted by molar-refractivity contribution is 6.30. The van der Waals surface area contributed by atoms with Gasteiger partial charge in [0.2, 0.25) is 0 Å². The zero-order valence-electron chi connectivity index (χ0n) is 16.6. The average molecular weight is 447 g/mol. The molecule has 8 heteroatoms. The van der Waals surface area contributed by atoms with E-state index in [1.165, 1.54) is 12.1 Å². The van der Waals surface area contributed by atoms with Gasteiger partial charge in [0.05, 0.1) is 23.8 Å². The van der Waals surface area contributed by atoms with Crippen LogP contribution in [0.3, 0.4) is 0 Å². The molecule has 3 aromatic carbocycles. The highest BCUT2D eigenvalue weighted by Crippen LogP contribution is 2.20. The molecule has 158 valence electrons. The number of halogens is 2. The number of nitrogens with one attached hydrogen (secondary N) is 1. The van der Waals surface area contributed by atoms with Gasteiger partial charge in [-0.2, -0.15) is 5.10 Å². The SMILES string of the molecule is O=C(Nc1ccc(Cl)cc1)c1ccc2c(c1)n(Cc1ccc(F)cc1)c(=O)c1ccnn12. The summed E-state index contributed by atoms with van der Waals surface area (Å²) in [5, 5.41) is 7.65. The van der Waals surface area contributed by atoms with E-state index in [1.807, 2.05) is 0 Å². The number of aromatic nitrogens is 3. The first-order valence-corrected chi connectivity index (χ1v) is 10.2. The van der Waals surface area contributed by atoms with Crippen LogP contribution in [0.2, 0.25) is 5.02 Å². The Hall–Kier alpha value is -3.97. The Morgan fingerprint density at radius 1 is 0.938 bits per heavy atom. The fourth-order valence-corrected chi connectivity index (χ4v) is 3.76. The molecule has 0 aliphatic heterocycles. The number of carbonyl (C=O) groups excluding carboxylic acids is 1. The van der Waals surface area contributed by atoms with E-state index in [0.29, 0.717) is 32.8 Å². The van der Waals surface area contributed by atoms with Gasteiger partial charge in [-0.05, 0) is 66.2 Å². The first-order valence-electron chi connectivity index (χ1n) is 9.81. The molecule has 0 saturated carbocycles. The van der Waals surface area contributed by atoms with Crippen molar-refractivity contribution in [2.24, 2.45) is 0 Å². The number of anilines is 1. The summed E-state index contributed by atoms with van der Waals surface area (Å²) in [6, 6.07) is 19.5. The highest BCUT2D eigenvalue weighted by Gasteiger charge is 2.15. The molecule has 5 rings (SSSR count). The highest BCUT2D eigenvalue weighted by atomic mass is 35.5. The smallest absolute Gasteiger partial charge is 0.277 e. The summed E-state index contributed by atoms with van der Waals surface area (Å²) in [5.41, 5.74) is 3.12. The standard InChI is InChI=1S/C24H16ClFN4O2/c25-17-4-8-19(9-5-17)28-23(31)16-3-10-20-22(13-16)29(14-15-1-6-18(26)7-2-15)24(32)21-11-12-27-30(20)21/h1-13H,14H2,(H,28,31). The summed E-state index contributed by atoms with van der Waals surface area (Å²) in [6.45, 7) is 0.222. The van der Waals surface area contributed by atoms with Crippen LogP contribution in [0.1, 0.15) is 15.9 Å². The third-order valence-electron chi connectivity index (χ3n) is 5.22. The third kappa shape index (κ3) is 3.63. The summed E-state index contributed by atoms with van der Waals surface area (Å²) >= 11 is 5.90. The largest absolute Gasteiger partial charge is 0.322 e. The van der Waals surface area contributed by atoms with Crippen LogP contribution in [-0.2, 0) is 6.54 Å². The van der Waals surface area contributed by atoms with Crippen molar-refractivity contribution in [1.29, 1.82) is 0 Å². The lowest BCUT2D eigenvalue weighted by atomic mass is 10.1. The molecule has 2 aromatic heterocycles. The fourth-order valence-electron chi connectivity index (χ4n) is 3.63. The molecular weight excluding hydrogens is 431 g/mol. The molecule has 0 spiro atoms. The molecule has 1 N–H and O–H groups in total. The van der Waals surface area contributed by atoms with E-state index < -0.39 is 0 Å². The normalized spacial score (nSPS) is 11.2. The van der Waals surface area contributed by atoms with Gasteiger partial charge in [-0.15, -0.1) is 0 Å². The van der Waals surface area contributed by atoms with Crippen LogP contribution >= 0.6 is 11.6 Å². The van der Waals surface area contributed by atoms with Gasteiger partial charge in [0.15, 0.2) is 0 Å². The van der Waals surface area contributed by atoms with Gasteiger partial charge in [-0.1, -0.05) is 23.7 Å². The Morgan fingerprint density at radius 2 is 1.69 bits per heavy atom. The zero-order chi connectivity index (χ0) is 22.2. The number of amides is 1. The van der Waals surface area contributed by atoms with Crippen LogP contribution in [0.5, 0.6) is 0 Å². The van der Waals surface area contributed by atoms with Gasteiger partial charge in [0, 0.05) is 16.3 Å². The van der Waals surface area contributed by atoms with Crippen molar-refractivity contribution in [2.75, 3.05) is 5.32 Å². The molecule has 0 radical (unpaired) electrons. The lowest BCUT2D eigenvalue weighted by Gasteiger charge is -2.14. The zero-order valence-corrected chi connectivity index (χ0v) is 17.4. The second-order valence-electron chi connectivity index (χ2n) is 7.31. The monoisotopic (exact) mass is 446 g/mol. The van der Waals surface area contributed by atoms with E-state index in [2.05, 4.69) is 10.4 Å². The van der Waals surface area contributed by atoms with Crippen molar-refractivity contribution in [3.05, 3.63) is 111 Å². The Labute approximate surface area is 186 Å². The number of carbonyl (C=O) groups is 1. The quantitative estimate of drug-likeness (QED) is 0.433. The van der Waals surface area contributed by atoms with Crippen molar-refractivity contribution in [2.45, 2.75) is 6.54 Å². The average Bonchev–Trinajstić information content (AvgIpc) is 3.29. The Bertz CT molecular complexity index is 1520. The van der Waals surface area contributed by atoms with Crippen molar-refractivity contribution in [1.82, 2.24) is 14.2 Å². The van der Waals surface area contributed by atoms with Crippen molar-refractivity contribution >= 4 is 39.7 Å². The van der Waals surface area contributed by atoms with Crippen LogP contribution in [0, 0.1) is 5.82 Å². The summed E-state index contributed by atoms with van der Waals surface area (Å²) in [7, 11) is 0. The maximum Gasteiger partial charge on any atom is 0.277 e. The van der Waals surface area contributed by atoms with Gasteiger partial charge < -0.3 is 9.88 Å². The van der Waals surface area contributed by atoms with Crippen LogP contribution in [0.25, 0.3) is 16.6 Å². The number of hydrogen-bond donors (Lipinski definition) is 1. The predicted molar refractivity (Wildman–Crippen MR) is 122 cm³/mol. The van der Waals surface area contributed by atoms with Gasteiger partial charge in [-0.25, -0.2) is 8.91 Å². The van der Waals surface area contributed by atoms with Crippen LogP contribution in [0.4, 0.5) is 10.1 Å². The Kier molecular flexibility index (Phi) is 4.95. The first-order chi connectivity index (χ1) is 15.5. The van der Waals surface area contributed by atoms with E-state index in [0.717, 1.165) is 5.56 Å². The maximum absolute atomic E-state index is 13.3. The molecule has 0 saturated heterocycles. The molecule has 1 amide bonds. The second-order valence-corrected chi connectivity index (χ2v) is 7.75. The van der Waals surface area contributed by atoms with Crippen molar-refractivity contribution < 1.29 is 9.18 Å². The molecule has 2 heterocycles. The van der Waals surface area contributed by atoms with E-state index in [-0.39, 0.29) is 23.8 Å². The molecule has 32 heavy (non-hydrogen) atoms. The fraction of sp³-hybridized carbons (Fsp3) is 0.0417. The molecule has 6 nitrogen and oxygen atoms in total. The number of hydrogen-bond acceptors (Lipinski definition) is 3. The molecule has 5 aromatic rings. The molecule has 0 aliphatic carbocycles. The summed E-state index contributed by atoms with van der Waals surface area (Å²) in [5.74, 6) is -0.672. The second kappa shape index (κ2) is 7.94. The lowest BCUT2D eigenvalue weighted by Crippen LogP contribution is -2.24. The summed E-state index contributed by atoms with van der Waals surface area (Å²) < 4.78 is 16.5. The summed E-state index contributed by atoms with van der Waals surface area (Å²) in [4.78, 5) is 26.0. The number of nitrogens with zero attached hydrogens (tertiary/aromatic N) is 3. The minimum Gasteiger partial charge on any atom is -0.322 e. The number of benzene rings is 3.